The molecule has 2 heterocycles. The summed E-state index contributed by atoms with van der Waals surface area (Å²) in [5.74, 6) is 1.69. The third-order valence-corrected chi connectivity index (χ3v) is 4.62. The summed E-state index contributed by atoms with van der Waals surface area (Å²) in [5.41, 5.74) is 2.94. The van der Waals surface area contributed by atoms with Gasteiger partial charge in [0.2, 0.25) is 11.8 Å². The Morgan fingerprint density at radius 2 is 1.73 bits per heavy atom. The van der Waals surface area contributed by atoms with Crippen molar-refractivity contribution in [1.29, 1.82) is 0 Å². The molecule has 4 rings (SSSR count). The van der Waals surface area contributed by atoms with Gasteiger partial charge in [0, 0.05) is 11.0 Å². The predicted molar refractivity (Wildman–Crippen MR) is 104 cm³/mol. The summed E-state index contributed by atoms with van der Waals surface area (Å²) in [6.07, 6.45) is 0. The summed E-state index contributed by atoms with van der Waals surface area (Å²) >= 11 is 12.6. The summed E-state index contributed by atoms with van der Waals surface area (Å²) in [6.45, 7) is 6.09. The van der Waals surface area contributed by atoms with E-state index in [2.05, 4.69) is 20.2 Å². The van der Waals surface area contributed by atoms with Gasteiger partial charge in [-0.1, -0.05) is 50.0 Å². The molecule has 2 aromatic carbocycles. The molecule has 0 atom stereocenters. The smallest absolute Gasteiger partial charge is 0.247 e. The molecule has 0 aliphatic carbocycles. The van der Waals surface area contributed by atoms with Gasteiger partial charge in [-0.15, -0.1) is 10.2 Å². The van der Waals surface area contributed by atoms with Crippen LogP contribution in [0.15, 0.2) is 40.8 Å². The van der Waals surface area contributed by atoms with Crippen LogP contribution in [0.5, 0.6) is 0 Å². The topological polar surface area (TPSA) is 67.6 Å². The van der Waals surface area contributed by atoms with Gasteiger partial charge in [-0.05, 0) is 30.3 Å². The second kappa shape index (κ2) is 6.11. The maximum absolute atomic E-state index is 6.29. The summed E-state index contributed by atoms with van der Waals surface area (Å²) in [7, 11) is 0. The number of benzene rings is 2. The van der Waals surface area contributed by atoms with E-state index in [4.69, 9.17) is 27.6 Å². The molecule has 0 amide bonds. The van der Waals surface area contributed by atoms with Gasteiger partial charge in [-0.2, -0.15) is 0 Å². The lowest BCUT2D eigenvalue weighted by atomic mass is 9.97. The lowest BCUT2D eigenvalue weighted by molar-refractivity contribution is 0.399. The first-order chi connectivity index (χ1) is 12.3. The average Bonchev–Trinajstić information content (AvgIpc) is 3.20. The number of nitrogens with one attached hydrogen (secondary N) is 1. The molecule has 2 aromatic heterocycles. The Hall–Kier alpha value is -2.37. The highest BCUT2D eigenvalue weighted by Crippen LogP contribution is 2.34. The van der Waals surface area contributed by atoms with Crippen LogP contribution in [0.25, 0.3) is 33.9 Å². The first-order valence-electron chi connectivity index (χ1n) is 8.11. The minimum atomic E-state index is -0.197. The number of halogens is 2. The van der Waals surface area contributed by atoms with E-state index < -0.39 is 0 Å². The zero-order valence-corrected chi connectivity index (χ0v) is 16.0. The van der Waals surface area contributed by atoms with Crippen molar-refractivity contribution in [3.8, 4) is 22.8 Å². The Bertz CT molecular complexity index is 1090. The number of imidazole rings is 1. The number of aromatic amines is 1. The van der Waals surface area contributed by atoms with Crippen molar-refractivity contribution in [2.45, 2.75) is 26.2 Å². The Kier molecular flexibility index (Phi) is 4.01. The highest BCUT2D eigenvalue weighted by molar-refractivity contribution is 6.39. The highest BCUT2D eigenvalue weighted by atomic mass is 35.5. The van der Waals surface area contributed by atoms with E-state index in [0.717, 1.165) is 16.6 Å². The summed E-state index contributed by atoms with van der Waals surface area (Å²) in [4.78, 5) is 7.86. The Morgan fingerprint density at radius 3 is 2.38 bits per heavy atom. The fraction of sp³-hybridized carbons (Fsp3) is 0.211. The Labute approximate surface area is 160 Å². The lowest BCUT2D eigenvalue weighted by Crippen LogP contribution is -2.11. The lowest BCUT2D eigenvalue weighted by Gasteiger charge is -2.10. The average molecular weight is 387 g/mol. The molecule has 0 saturated heterocycles. The first kappa shape index (κ1) is 17.1. The molecule has 0 fully saturated rings. The van der Waals surface area contributed by atoms with E-state index in [0.29, 0.717) is 33.2 Å². The molecule has 0 saturated carbocycles. The number of H-pyrrole nitrogens is 1. The first-order valence-corrected chi connectivity index (χ1v) is 8.87. The van der Waals surface area contributed by atoms with Gasteiger partial charge in [0.1, 0.15) is 5.82 Å². The quantitative estimate of drug-likeness (QED) is 0.466. The monoisotopic (exact) mass is 386 g/mol. The zero-order chi connectivity index (χ0) is 18.5. The minimum absolute atomic E-state index is 0.197. The van der Waals surface area contributed by atoms with Crippen molar-refractivity contribution < 1.29 is 4.42 Å². The molecular formula is C19H16Cl2N4O. The van der Waals surface area contributed by atoms with Crippen LogP contribution in [0.3, 0.4) is 0 Å². The maximum Gasteiger partial charge on any atom is 0.247 e. The van der Waals surface area contributed by atoms with E-state index in [1.807, 2.05) is 39.0 Å². The van der Waals surface area contributed by atoms with Gasteiger partial charge in [-0.3, -0.25) is 0 Å². The van der Waals surface area contributed by atoms with Crippen LogP contribution in [-0.2, 0) is 5.41 Å². The van der Waals surface area contributed by atoms with Crippen LogP contribution in [0.1, 0.15) is 26.7 Å². The van der Waals surface area contributed by atoms with Crippen molar-refractivity contribution in [2.75, 3.05) is 0 Å². The molecule has 0 unspecified atom stereocenters. The van der Waals surface area contributed by atoms with Crippen LogP contribution < -0.4 is 0 Å². The number of nitrogens with zero attached hydrogens (tertiary/aromatic N) is 3. The molecule has 0 aliphatic rings. The summed E-state index contributed by atoms with van der Waals surface area (Å²) < 4.78 is 5.81. The van der Waals surface area contributed by atoms with Crippen LogP contribution in [0, 0.1) is 0 Å². The molecule has 0 bridgehead atoms. The summed E-state index contributed by atoms with van der Waals surface area (Å²) in [6, 6.07) is 11.1. The molecule has 7 heteroatoms. The third-order valence-electron chi connectivity index (χ3n) is 3.99. The molecule has 1 N–H and O–H groups in total. The van der Waals surface area contributed by atoms with Crippen molar-refractivity contribution in [3.05, 3.63) is 52.3 Å². The number of hydrogen-bond donors (Lipinski definition) is 1. The molecular weight excluding hydrogens is 371 g/mol. The zero-order valence-electron chi connectivity index (χ0n) is 14.5. The molecule has 132 valence electrons. The fourth-order valence-corrected chi connectivity index (χ4v) is 3.20. The molecule has 0 aliphatic heterocycles. The van der Waals surface area contributed by atoms with Gasteiger partial charge in [0.15, 0.2) is 0 Å². The van der Waals surface area contributed by atoms with Gasteiger partial charge >= 0.3 is 0 Å². The standard InChI is InChI=1S/C19H16Cl2N4O/c1-19(2,3)18-25-24-17(26-18)10-7-8-13-14(9-10)23-16(22-13)15-11(20)5-4-6-12(15)21/h4-9H,1-3H3,(H,22,23). The van der Waals surface area contributed by atoms with Crippen LogP contribution in [0.2, 0.25) is 10.0 Å². The van der Waals surface area contributed by atoms with Gasteiger partial charge in [0.05, 0.1) is 26.6 Å². The van der Waals surface area contributed by atoms with E-state index >= 15 is 0 Å². The number of fused-ring (bicyclic) bond motifs is 1. The molecule has 5 nitrogen and oxygen atoms in total. The number of hydrogen-bond acceptors (Lipinski definition) is 4. The van der Waals surface area contributed by atoms with Crippen LogP contribution in [0.4, 0.5) is 0 Å². The molecule has 4 aromatic rings. The highest BCUT2D eigenvalue weighted by Gasteiger charge is 2.22. The maximum atomic E-state index is 6.29. The van der Waals surface area contributed by atoms with E-state index in [1.165, 1.54) is 0 Å². The normalized spacial score (nSPS) is 12.0. The SMILES string of the molecule is CC(C)(C)c1nnc(-c2ccc3nc(-c4c(Cl)cccc4Cl)[nH]c3c2)o1. The predicted octanol–water partition coefficient (Wildman–Crippen LogP) is 5.88. The third kappa shape index (κ3) is 2.97. The second-order valence-electron chi connectivity index (χ2n) is 7.08. The van der Waals surface area contributed by atoms with Gasteiger partial charge in [-0.25, -0.2) is 4.98 Å². The van der Waals surface area contributed by atoms with Gasteiger partial charge < -0.3 is 9.40 Å². The van der Waals surface area contributed by atoms with Crippen molar-refractivity contribution >= 4 is 34.2 Å². The molecule has 0 spiro atoms. The molecule has 26 heavy (non-hydrogen) atoms. The Balaban J connectivity index is 1.78. The Morgan fingerprint density at radius 1 is 1.00 bits per heavy atom. The summed E-state index contributed by atoms with van der Waals surface area (Å²) in [5, 5.41) is 9.39. The number of aromatic nitrogens is 4. The van der Waals surface area contributed by atoms with Crippen molar-refractivity contribution in [3.63, 3.8) is 0 Å². The van der Waals surface area contributed by atoms with E-state index in [1.54, 1.807) is 18.2 Å². The van der Waals surface area contributed by atoms with E-state index in [-0.39, 0.29) is 5.41 Å². The molecule has 0 radical (unpaired) electrons. The second-order valence-corrected chi connectivity index (χ2v) is 7.89. The van der Waals surface area contributed by atoms with Crippen molar-refractivity contribution in [1.82, 2.24) is 20.2 Å². The van der Waals surface area contributed by atoms with Crippen LogP contribution >= 0.6 is 23.2 Å². The fourth-order valence-electron chi connectivity index (χ4n) is 2.63. The number of rotatable bonds is 2. The van der Waals surface area contributed by atoms with Gasteiger partial charge in [0.25, 0.3) is 0 Å². The largest absolute Gasteiger partial charge is 0.420 e. The van der Waals surface area contributed by atoms with E-state index in [9.17, 15) is 0 Å². The minimum Gasteiger partial charge on any atom is -0.420 e. The van der Waals surface area contributed by atoms with Crippen LogP contribution in [-0.4, -0.2) is 20.2 Å². The van der Waals surface area contributed by atoms with Crippen molar-refractivity contribution in [2.24, 2.45) is 0 Å².